The van der Waals surface area contributed by atoms with Crippen molar-refractivity contribution in [2.45, 2.75) is 0 Å². The number of hydrazine groups is 1. The first kappa shape index (κ1) is 16.8. The predicted octanol–water partition coefficient (Wildman–Crippen LogP) is 0.368. The van der Waals surface area contributed by atoms with E-state index < -0.39 is 0 Å². The van der Waals surface area contributed by atoms with Gasteiger partial charge >= 0.3 is 0 Å². The van der Waals surface area contributed by atoms with E-state index in [0.29, 0.717) is 11.6 Å². The molecular formula is C14H16N14. The van der Waals surface area contributed by atoms with Gasteiger partial charge in [-0.05, 0) is 24.3 Å². The van der Waals surface area contributed by atoms with Gasteiger partial charge in [-0.1, -0.05) is 0 Å². The first-order valence-corrected chi connectivity index (χ1v) is 7.96. The molecule has 4 aromatic rings. The van der Waals surface area contributed by atoms with Crippen LogP contribution in [0.5, 0.6) is 0 Å². The first-order valence-electron chi connectivity index (χ1n) is 7.96. The molecule has 4 aromatic heterocycles. The normalized spacial score (nSPS) is 10.6. The molecule has 0 aliphatic carbocycles. The van der Waals surface area contributed by atoms with Gasteiger partial charge in [0, 0.05) is 12.4 Å². The number of nitrogen functional groups attached to an aromatic ring is 3. The molecule has 0 bridgehead atoms. The van der Waals surface area contributed by atoms with Crippen molar-refractivity contribution in [2.75, 3.05) is 33.0 Å². The summed E-state index contributed by atoms with van der Waals surface area (Å²) >= 11 is 0. The van der Waals surface area contributed by atoms with Crippen molar-refractivity contribution < 1.29 is 0 Å². The van der Waals surface area contributed by atoms with E-state index in [-0.39, 0.29) is 35.7 Å². The molecule has 0 aromatic carbocycles. The summed E-state index contributed by atoms with van der Waals surface area (Å²) in [5.41, 5.74) is 20.1. The monoisotopic (exact) mass is 380 g/mol. The standard InChI is InChI=1S/C14H16N14/c15-9-21-10(16)25-14(24-9)28(8-4-2-6-19-8)27-13-23-11(17)22-12(26-13)20-7-3-1-5-18-7/h1-6,18-19H,(H4,15,16,21,24,25)(H4,17,20,22,23,26,27). The summed E-state index contributed by atoms with van der Waals surface area (Å²) in [5, 5.41) is 4.43. The van der Waals surface area contributed by atoms with Crippen molar-refractivity contribution in [1.29, 1.82) is 0 Å². The number of rotatable bonds is 6. The number of hydrogen-bond donors (Lipinski definition) is 7. The van der Waals surface area contributed by atoms with Crippen LogP contribution in [-0.4, -0.2) is 39.9 Å². The maximum absolute atomic E-state index is 5.81. The van der Waals surface area contributed by atoms with Crippen LogP contribution in [0.2, 0.25) is 0 Å². The van der Waals surface area contributed by atoms with Crippen LogP contribution in [0, 0.1) is 0 Å². The van der Waals surface area contributed by atoms with E-state index >= 15 is 0 Å². The highest BCUT2D eigenvalue weighted by Crippen LogP contribution is 2.22. The number of hydrogen-bond acceptors (Lipinski definition) is 12. The van der Waals surface area contributed by atoms with E-state index in [1.165, 1.54) is 5.01 Å². The fraction of sp³-hybridized carbons (Fsp3) is 0. The summed E-state index contributed by atoms with van der Waals surface area (Å²) in [6, 6.07) is 7.20. The summed E-state index contributed by atoms with van der Waals surface area (Å²) in [5.74, 6) is 1.69. The third kappa shape index (κ3) is 3.64. The van der Waals surface area contributed by atoms with Crippen LogP contribution in [0.4, 0.5) is 47.3 Å². The van der Waals surface area contributed by atoms with E-state index in [9.17, 15) is 0 Å². The molecule has 4 heterocycles. The molecule has 28 heavy (non-hydrogen) atoms. The Morgan fingerprint density at radius 3 is 2.11 bits per heavy atom. The molecule has 142 valence electrons. The number of nitrogens with one attached hydrogen (secondary N) is 4. The van der Waals surface area contributed by atoms with E-state index in [0.717, 1.165) is 0 Å². The van der Waals surface area contributed by atoms with Gasteiger partial charge in [0.1, 0.15) is 11.6 Å². The highest BCUT2D eigenvalue weighted by molar-refractivity contribution is 5.60. The van der Waals surface area contributed by atoms with Gasteiger partial charge in [-0.3, -0.25) is 5.43 Å². The largest absolute Gasteiger partial charge is 0.368 e. The predicted molar refractivity (Wildman–Crippen MR) is 104 cm³/mol. The van der Waals surface area contributed by atoms with Crippen molar-refractivity contribution in [3.05, 3.63) is 36.7 Å². The second-order valence-electron chi connectivity index (χ2n) is 5.40. The first-order chi connectivity index (χ1) is 13.6. The summed E-state index contributed by atoms with van der Waals surface area (Å²) < 4.78 is 0. The van der Waals surface area contributed by atoms with Crippen LogP contribution >= 0.6 is 0 Å². The van der Waals surface area contributed by atoms with Gasteiger partial charge in [-0.25, -0.2) is 5.01 Å². The Morgan fingerprint density at radius 1 is 0.750 bits per heavy atom. The lowest BCUT2D eigenvalue weighted by molar-refractivity contribution is 0.950. The van der Waals surface area contributed by atoms with Crippen molar-refractivity contribution >= 4 is 47.3 Å². The Balaban J connectivity index is 1.68. The van der Waals surface area contributed by atoms with Gasteiger partial charge in [-0.15, -0.1) is 0 Å². The summed E-state index contributed by atoms with van der Waals surface area (Å²) in [6.45, 7) is 0. The Morgan fingerprint density at radius 2 is 1.43 bits per heavy atom. The van der Waals surface area contributed by atoms with Crippen LogP contribution in [0.1, 0.15) is 0 Å². The number of anilines is 8. The fourth-order valence-electron chi connectivity index (χ4n) is 2.30. The molecule has 0 fully saturated rings. The maximum Gasteiger partial charge on any atom is 0.257 e. The third-order valence-electron chi connectivity index (χ3n) is 3.39. The average Bonchev–Trinajstić information content (AvgIpc) is 3.32. The second-order valence-corrected chi connectivity index (χ2v) is 5.40. The molecule has 4 rings (SSSR count). The van der Waals surface area contributed by atoms with E-state index in [2.05, 4.69) is 50.6 Å². The van der Waals surface area contributed by atoms with Crippen LogP contribution in [0.3, 0.4) is 0 Å². The van der Waals surface area contributed by atoms with Gasteiger partial charge in [0.2, 0.25) is 29.7 Å². The topological polar surface area (TPSA) is 214 Å². The Labute approximate surface area is 157 Å². The average molecular weight is 380 g/mol. The minimum Gasteiger partial charge on any atom is -0.368 e. The second kappa shape index (κ2) is 6.94. The lowest BCUT2D eigenvalue weighted by Crippen LogP contribution is -2.29. The van der Waals surface area contributed by atoms with Gasteiger partial charge in [0.15, 0.2) is 0 Å². The van der Waals surface area contributed by atoms with E-state index in [4.69, 9.17) is 17.2 Å². The molecule has 0 atom stereocenters. The zero-order valence-corrected chi connectivity index (χ0v) is 14.3. The maximum atomic E-state index is 5.81. The molecule has 0 amide bonds. The highest BCUT2D eigenvalue weighted by atomic mass is 15.6. The lowest BCUT2D eigenvalue weighted by atomic mass is 10.6. The molecule has 14 heteroatoms. The van der Waals surface area contributed by atoms with Crippen molar-refractivity contribution in [3.63, 3.8) is 0 Å². The van der Waals surface area contributed by atoms with Gasteiger partial charge in [0.25, 0.3) is 5.95 Å². The number of nitrogens with two attached hydrogens (primary N) is 3. The van der Waals surface area contributed by atoms with Gasteiger partial charge < -0.3 is 32.5 Å². The Kier molecular flexibility index (Phi) is 4.17. The Hall–Kier alpha value is -4.62. The van der Waals surface area contributed by atoms with Crippen molar-refractivity contribution in [2.24, 2.45) is 0 Å². The number of nitrogens with zero attached hydrogens (tertiary/aromatic N) is 7. The molecule has 0 spiro atoms. The van der Waals surface area contributed by atoms with Crippen molar-refractivity contribution in [1.82, 2.24) is 39.9 Å². The fourth-order valence-corrected chi connectivity index (χ4v) is 2.30. The van der Waals surface area contributed by atoms with Gasteiger partial charge in [-0.2, -0.15) is 29.9 Å². The smallest absolute Gasteiger partial charge is 0.257 e. The molecule has 0 aliphatic heterocycles. The molecule has 14 nitrogen and oxygen atoms in total. The van der Waals surface area contributed by atoms with E-state index in [1.807, 2.05) is 12.1 Å². The summed E-state index contributed by atoms with van der Waals surface area (Å²) in [7, 11) is 0. The summed E-state index contributed by atoms with van der Waals surface area (Å²) in [4.78, 5) is 30.4. The molecule has 0 saturated heterocycles. The third-order valence-corrected chi connectivity index (χ3v) is 3.39. The van der Waals surface area contributed by atoms with Crippen LogP contribution in [-0.2, 0) is 0 Å². The van der Waals surface area contributed by atoms with Crippen LogP contribution in [0.25, 0.3) is 0 Å². The Bertz CT molecular complexity index is 1040. The minimum atomic E-state index is -0.0369. The molecule has 10 N–H and O–H groups in total. The molecule has 0 aliphatic rings. The number of H-pyrrole nitrogens is 2. The van der Waals surface area contributed by atoms with Crippen LogP contribution < -0.4 is 33.0 Å². The quantitative estimate of drug-likeness (QED) is 0.226. The van der Waals surface area contributed by atoms with Crippen molar-refractivity contribution in [3.8, 4) is 0 Å². The zero-order valence-electron chi connectivity index (χ0n) is 14.3. The molecule has 0 radical (unpaired) electrons. The number of aromatic nitrogens is 8. The summed E-state index contributed by atoms with van der Waals surface area (Å²) in [6.07, 6.45) is 3.48. The lowest BCUT2D eigenvalue weighted by Gasteiger charge is -2.22. The zero-order chi connectivity index (χ0) is 19.5. The number of aromatic amines is 2. The minimum absolute atomic E-state index is 0.00710. The highest BCUT2D eigenvalue weighted by Gasteiger charge is 2.18. The van der Waals surface area contributed by atoms with Crippen LogP contribution in [0.15, 0.2) is 36.7 Å². The molecule has 0 saturated carbocycles. The molecule has 0 unspecified atom stereocenters. The van der Waals surface area contributed by atoms with E-state index in [1.54, 1.807) is 24.5 Å². The van der Waals surface area contributed by atoms with Gasteiger partial charge in [0.05, 0.1) is 0 Å². The SMILES string of the molecule is Nc1nc(Nc2ccc[nH]2)nc(NN(c2nc(N)nc(N)n2)c2ccc[nH]2)n1. The molecular weight excluding hydrogens is 364 g/mol.